The van der Waals surface area contributed by atoms with Gasteiger partial charge in [0.2, 0.25) is 5.95 Å². The maximum Gasteiger partial charge on any atom is 0.282 e. The first kappa shape index (κ1) is 14.9. The average Bonchev–Trinajstić information content (AvgIpc) is 3.16. The topological polar surface area (TPSA) is 72.4 Å². The van der Waals surface area contributed by atoms with E-state index >= 15 is 0 Å². The van der Waals surface area contributed by atoms with E-state index < -0.39 is 0 Å². The van der Waals surface area contributed by atoms with Gasteiger partial charge in [0.15, 0.2) is 0 Å². The van der Waals surface area contributed by atoms with Gasteiger partial charge in [-0.05, 0) is 36.4 Å². The smallest absolute Gasteiger partial charge is 0.282 e. The van der Waals surface area contributed by atoms with Gasteiger partial charge >= 0.3 is 0 Å². The minimum absolute atomic E-state index is 0.307. The molecule has 2 aromatic carbocycles. The fourth-order valence-electron chi connectivity index (χ4n) is 2.60. The van der Waals surface area contributed by atoms with Gasteiger partial charge in [0.05, 0.1) is 23.4 Å². The number of nitrogens with zero attached hydrogens (tertiary/aromatic N) is 3. The molecule has 0 radical (unpaired) electrons. The Kier molecular flexibility index (Phi) is 3.84. The fourth-order valence-corrected chi connectivity index (χ4v) is 2.60. The van der Waals surface area contributed by atoms with Crippen molar-refractivity contribution in [3.8, 4) is 5.69 Å². The van der Waals surface area contributed by atoms with Gasteiger partial charge in [-0.25, -0.2) is 5.43 Å². The van der Waals surface area contributed by atoms with E-state index in [2.05, 4.69) is 15.5 Å². The van der Waals surface area contributed by atoms with Crippen molar-refractivity contribution in [2.45, 2.75) is 0 Å². The minimum Gasteiger partial charge on any atom is -0.463 e. The second kappa shape index (κ2) is 6.45. The van der Waals surface area contributed by atoms with E-state index in [1.165, 1.54) is 6.21 Å². The third-order valence-corrected chi connectivity index (χ3v) is 3.71. The molecule has 4 aromatic rings. The lowest BCUT2D eigenvalue weighted by atomic mass is 10.2. The van der Waals surface area contributed by atoms with Gasteiger partial charge in [-0.2, -0.15) is 10.1 Å². The van der Waals surface area contributed by atoms with Crippen LogP contribution in [-0.2, 0) is 0 Å². The normalized spacial score (nSPS) is 11.2. The zero-order chi connectivity index (χ0) is 17.1. The summed E-state index contributed by atoms with van der Waals surface area (Å²) in [5, 5.41) is 4.68. The molecule has 1 N–H and O–H groups in total. The number of nitrogens with one attached hydrogen (secondary N) is 1. The van der Waals surface area contributed by atoms with Crippen LogP contribution in [0.5, 0.6) is 0 Å². The summed E-state index contributed by atoms with van der Waals surface area (Å²) in [6, 6.07) is 20.6. The number of para-hydroxylation sites is 2. The molecule has 0 atom stereocenters. The minimum atomic E-state index is -0.307. The summed E-state index contributed by atoms with van der Waals surface area (Å²) in [4.78, 5) is 16.5. The Morgan fingerprint density at radius 2 is 1.80 bits per heavy atom. The second-order valence-corrected chi connectivity index (χ2v) is 5.31. The number of fused-ring (bicyclic) bond motifs is 1. The molecule has 25 heavy (non-hydrogen) atoms. The second-order valence-electron chi connectivity index (χ2n) is 5.31. The Morgan fingerprint density at radius 1 is 1.00 bits per heavy atom. The van der Waals surface area contributed by atoms with Crippen molar-refractivity contribution in [1.82, 2.24) is 9.55 Å². The molecule has 0 bridgehead atoms. The molecule has 0 aliphatic heterocycles. The highest BCUT2D eigenvalue weighted by Gasteiger charge is 2.11. The molecule has 0 spiro atoms. The summed E-state index contributed by atoms with van der Waals surface area (Å²) in [6.07, 6.45) is 3.09. The predicted octanol–water partition coefficient (Wildman–Crippen LogP) is 3.42. The number of aromatic nitrogens is 2. The highest BCUT2D eigenvalue weighted by molar-refractivity contribution is 5.82. The monoisotopic (exact) mass is 330 g/mol. The van der Waals surface area contributed by atoms with Crippen molar-refractivity contribution in [2.75, 3.05) is 5.43 Å². The zero-order valence-electron chi connectivity index (χ0n) is 13.2. The third kappa shape index (κ3) is 2.92. The molecule has 0 saturated heterocycles. The van der Waals surface area contributed by atoms with Crippen LogP contribution in [0.15, 0.2) is 87.3 Å². The van der Waals surface area contributed by atoms with Crippen LogP contribution in [0.1, 0.15) is 5.76 Å². The van der Waals surface area contributed by atoms with Crippen molar-refractivity contribution < 1.29 is 4.42 Å². The standard InChI is InChI=1S/C19H14N4O2/c24-18-16-10-4-5-11-17(16)23(14-7-2-1-3-8-14)19(21-18)22-20-13-15-9-6-12-25-15/h1-13H,(H,21,22,24)/b20-13-. The lowest BCUT2D eigenvalue weighted by Gasteiger charge is -2.14. The Labute approximate surface area is 143 Å². The van der Waals surface area contributed by atoms with Crippen LogP contribution in [0.4, 0.5) is 5.95 Å². The highest BCUT2D eigenvalue weighted by Crippen LogP contribution is 2.20. The summed E-state index contributed by atoms with van der Waals surface area (Å²) in [7, 11) is 0. The van der Waals surface area contributed by atoms with Crippen LogP contribution in [0.25, 0.3) is 16.6 Å². The van der Waals surface area contributed by atoms with E-state index in [-0.39, 0.29) is 5.56 Å². The van der Waals surface area contributed by atoms with Crippen molar-refractivity contribution in [3.05, 3.63) is 89.1 Å². The Balaban J connectivity index is 1.86. The first-order valence-electron chi connectivity index (χ1n) is 7.73. The van der Waals surface area contributed by atoms with Crippen molar-refractivity contribution >= 4 is 23.1 Å². The molecule has 2 heterocycles. The van der Waals surface area contributed by atoms with Crippen LogP contribution < -0.4 is 11.0 Å². The van der Waals surface area contributed by atoms with Gasteiger partial charge in [-0.3, -0.25) is 9.36 Å². The summed E-state index contributed by atoms with van der Waals surface area (Å²) in [6.45, 7) is 0. The van der Waals surface area contributed by atoms with Crippen LogP contribution >= 0.6 is 0 Å². The number of benzene rings is 2. The van der Waals surface area contributed by atoms with Crippen LogP contribution in [-0.4, -0.2) is 15.8 Å². The van der Waals surface area contributed by atoms with Gasteiger partial charge < -0.3 is 4.42 Å². The van der Waals surface area contributed by atoms with Crippen LogP contribution in [0, 0.1) is 0 Å². The predicted molar refractivity (Wildman–Crippen MR) is 97.3 cm³/mol. The van der Waals surface area contributed by atoms with E-state index in [1.54, 1.807) is 24.5 Å². The summed E-state index contributed by atoms with van der Waals surface area (Å²) in [5.74, 6) is 0.930. The van der Waals surface area contributed by atoms with Gasteiger partial charge in [-0.1, -0.05) is 30.3 Å². The summed E-state index contributed by atoms with van der Waals surface area (Å²) >= 11 is 0. The maximum absolute atomic E-state index is 12.3. The lowest BCUT2D eigenvalue weighted by molar-refractivity contribution is 0.560. The largest absolute Gasteiger partial charge is 0.463 e. The number of hydrazone groups is 1. The van der Waals surface area contributed by atoms with Crippen molar-refractivity contribution in [2.24, 2.45) is 5.10 Å². The van der Waals surface area contributed by atoms with Gasteiger partial charge in [-0.15, -0.1) is 0 Å². The molecular weight excluding hydrogens is 316 g/mol. The number of anilines is 1. The molecule has 0 saturated carbocycles. The molecule has 0 aliphatic rings. The molecule has 2 aromatic heterocycles. The molecule has 0 aliphatic carbocycles. The maximum atomic E-state index is 12.3. The molecule has 6 heteroatoms. The lowest BCUT2D eigenvalue weighted by Crippen LogP contribution is -2.16. The number of rotatable bonds is 4. The van der Waals surface area contributed by atoms with E-state index in [0.29, 0.717) is 17.1 Å². The summed E-state index contributed by atoms with van der Waals surface area (Å²) < 4.78 is 7.06. The van der Waals surface area contributed by atoms with Crippen LogP contribution in [0.3, 0.4) is 0 Å². The molecule has 0 fully saturated rings. The third-order valence-electron chi connectivity index (χ3n) is 3.71. The fraction of sp³-hybridized carbons (Fsp3) is 0. The van der Waals surface area contributed by atoms with E-state index in [0.717, 1.165) is 11.2 Å². The van der Waals surface area contributed by atoms with Crippen molar-refractivity contribution in [1.29, 1.82) is 0 Å². The average molecular weight is 330 g/mol. The SMILES string of the molecule is O=c1nc(N/N=C\c2ccco2)n(-c2ccccc2)c2ccccc12. The van der Waals surface area contributed by atoms with E-state index in [4.69, 9.17) is 4.42 Å². The highest BCUT2D eigenvalue weighted by atomic mass is 16.3. The van der Waals surface area contributed by atoms with E-state index in [9.17, 15) is 4.79 Å². The molecule has 0 amide bonds. The quantitative estimate of drug-likeness (QED) is 0.460. The molecule has 0 unspecified atom stereocenters. The number of hydrogen-bond donors (Lipinski definition) is 1. The first-order chi connectivity index (χ1) is 12.3. The van der Waals surface area contributed by atoms with Crippen molar-refractivity contribution in [3.63, 3.8) is 0 Å². The molecule has 6 nitrogen and oxygen atoms in total. The zero-order valence-corrected chi connectivity index (χ0v) is 13.2. The molecule has 122 valence electrons. The Morgan fingerprint density at radius 3 is 2.60 bits per heavy atom. The molecule has 4 rings (SSSR count). The Hall–Kier alpha value is -3.67. The Bertz CT molecular complexity index is 1080. The van der Waals surface area contributed by atoms with Gasteiger partial charge in [0.25, 0.3) is 5.56 Å². The van der Waals surface area contributed by atoms with Gasteiger partial charge in [0, 0.05) is 5.69 Å². The van der Waals surface area contributed by atoms with Gasteiger partial charge in [0.1, 0.15) is 5.76 Å². The summed E-state index contributed by atoms with van der Waals surface area (Å²) in [5.41, 5.74) is 4.17. The first-order valence-corrected chi connectivity index (χ1v) is 7.73. The van der Waals surface area contributed by atoms with Crippen LogP contribution in [0.2, 0.25) is 0 Å². The number of furan rings is 1. The molecular formula is C19H14N4O2. The van der Waals surface area contributed by atoms with E-state index in [1.807, 2.05) is 53.1 Å². The number of hydrogen-bond acceptors (Lipinski definition) is 5.